The summed E-state index contributed by atoms with van der Waals surface area (Å²) in [6, 6.07) is 10.4. The van der Waals surface area contributed by atoms with E-state index in [2.05, 4.69) is 10.5 Å². The number of hydrogen-bond acceptors (Lipinski definition) is 7. The van der Waals surface area contributed by atoms with E-state index in [4.69, 9.17) is 9.47 Å². The monoisotopic (exact) mass is 407 g/mol. The number of ether oxygens (including phenoxy) is 2. The minimum absolute atomic E-state index is 0.0194. The van der Waals surface area contributed by atoms with Gasteiger partial charge in [-0.3, -0.25) is 4.79 Å². The van der Waals surface area contributed by atoms with Crippen LogP contribution in [0.3, 0.4) is 0 Å². The van der Waals surface area contributed by atoms with Crippen molar-refractivity contribution < 1.29 is 27.8 Å². The van der Waals surface area contributed by atoms with Crippen molar-refractivity contribution >= 4 is 22.1 Å². The third-order valence-corrected chi connectivity index (χ3v) is 5.56. The molecular weight excluding hydrogens is 386 g/mol. The van der Waals surface area contributed by atoms with E-state index in [1.165, 1.54) is 63.9 Å². The minimum Gasteiger partial charge on any atom is -0.504 e. The van der Waals surface area contributed by atoms with Gasteiger partial charge in [0.15, 0.2) is 11.5 Å². The number of carbonyl (C=O) groups excluding carboxylic acids is 1. The fourth-order valence-electron chi connectivity index (χ4n) is 2.20. The summed E-state index contributed by atoms with van der Waals surface area (Å²) in [6.07, 6.45) is 1.35. The number of likely N-dealkylation sites (N-methyl/N-ethyl adjacent to an activating group) is 1. The molecule has 2 aromatic rings. The predicted octanol–water partition coefficient (Wildman–Crippen LogP) is 1.18. The van der Waals surface area contributed by atoms with Gasteiger partial charge < -0.3 is 14.6 Å². The summed E-state index contributed by atoms with van der Waals surface area (Å²) in [6.45, 7) is -0.412. The van der Waals surface area contributed by atoms with Crippen LogP contribution in [0.25, 0.3) is 0 Å². The number of sulfonamides is 1. The fourth-order valence-corrected chi connectivity index (χ4v) is 3.33. The van der Waals surface area contributed by atoms with E-state index in [-0.39, 0.29) is 16.4 Å². The molecule has 2 N–H and O–H groups in total. The van der Waals surface area contributed by atoms with Gasteiger partial charge in [0.2, 0.25) is 10.0 Å². The summed E-state index contributed by atoms with van der Waals surface area (Å²) in [5, 5.41) is 13.3. The average molecular weight is 407 g/mol. The molecule has 28 heavy (non-hydrogen) atoms. The number of amides is 1. The van der Waals surface area contributed by atoms with E-state index in [0.717, 1.165) is 4.31 Å². The molecule has 0 aliphatic heterocycles. The lowest BCUT2D eigenvalue weighted by atomic mass is 10.2. The first-order chi connectivity index (χ1) is 13.3. The number of hydrogen-bond donors (Lipinski definition) is 2. The average Bonchev–Trinajstić information content (AvgIpc) is 2.69. The number of aromatic hydroxyl groups is 1. The van der Waals surface area contributed by atoms with Gasteiger partial charge in [-0.25, -0.2) is 13.8 Å². The van der Waals surface area contributed by atoms with Crippen LogP contribution in [0.4, 0.5) is 0 Å². The Morgan fingerprint density at radius 1 is 1.18 bits per heavy atom. The van der Waals surface area contributed by atoms with Crippen LogP contribution < -0.4 is 14.9 Å². The van der Waals surface area contributed by atoms with Gasteiger partial charge in [0.05, 0.1) is 31.9 Å². The van der Waals surface area contributed by atoms with E-state index in [1.807, 2.05) is 0 Å². The molecule has 2 rings (SSSR count). The van der Waals surface area contributed by atoms with Crippen LogP contribution in [0.15, 0.2) is 52.5 Å². The van der Waals surface area contributed by atoms with Gasteiger partial charge >= 0.3 is 0 Å². The first-order valence-electron chi connectivity index (χ1n) is 8.07. The molecule has 150 valence electrons. The van der Waals surface area contributed by atoms with Gasteiger partial charge in [-0.1, -0.05) is 0 Å². The summed E-state index contributed by atoms with van der Waals surface area (Å²) in [5.41, 5.74) is 2.83. The first-order valence-corrected chi connectivity index (χ1v) is 9.51. The highest BCUT2D eigenvalue weighted by atomic mass is 32.2. The molecule has 0 spiro atoms. The fraction of sp³-hybridized carbons (Fsp3) is 0.222. The highest BCUT2D eigenvalue weighted by Crippen LogP contribution is 2.25. The Morgan fingerprint density at radius 3 is 2.46 bits per heavy atom. The molecule has 0 aliphatic rings. The molecule has 0 atom stereocenters. The van der Waals surface area contributed by atoms with Crippen LogP contribution in [0, 0.1) is 0 Å². The van der Waals surface area contributed by atoms with Crippen LogP contribution in [0.2, 0.25) is 0 Å². The molecule has 1 amide bonds. The van der Waals surface area contributed by atoms with Crippen LogP contribution >= 0.6 is 0 Å². The summed E-state index contributed by atoms with van der Waals surface area (Å²) in [4.78, 5) is 12.0. The summed E-state index contributed by atoms with van der Waals surface area (Å²) in [5.74, 6) is 0.163. The largest absolute Gasteiger partial charge is 0.504 e. The third-order valence-electron chi connectivity index (χ3n) is 3.74. The highest BCUT2D eigenvalue weighted by molar-refractivity contribution is 7.89. The van der Waals surface area contributed by atoms with Gasteiger partial charge in [-0.15, -0.1) is 0 Å². The Balaban J connectivity index is 1.97. The van der Waals surface area contributed by atoms with Crippen molar-refractivity contribution in [2.75, 3.05) is 27.8 Å². The number of nitrogens with zero attached hydrogens (tertiary/aromatic N) is 2. The maximum absolute atomic E-state index is 12.5. The van der Waals surface area contributed by atoms with Crippen molar-refractivity contribution in [3.05, 3.63) is 48.0 Å². The zero-order valence-electron chi connectivity index (χ0n) is 15.6. The Kier molecular flexibility index (Phi) is 6.96. The van der Waals surface area contributed by atoms with E-state index >= 15 is 0 Å². The Hall–Kier alpha value is -3.11. The van der Waals surface area contributed by atoms with E-state index in [0.29, 0.717) is 11.3 Å². The highest BCUT2D eigenvalue weighted by Gasteiger charge is 2.22. The molecule has 0 fully saturated rings. The molecule has 0 saturated heterocycles. The van der Waals surface area contributed by atoms with Gasteiger partial charge in [0.25, 0.3) is 5.91 Å². The molecule has 0 radical (unpaired) electrons. The third kappa shape index (κ3) is 5.21. The van der Waals surface area contributed by atoms with E-state index < -0.39 is 22.5 Å². The molecule has 0 aliphatic carbocycles. The number of benzene rings is 2. The lowest BCUT2D eigenvalue weighted by molar-refractivity contribution is -0.121. The maximum Gasteiger partial charge on any atom is 0.255 e. The number of methoxy groups -OCH3 is 2. The van der Waals surface area contributed by atoms with Gasteiger partial charge in [0.1, 0.15) is 5.75 Å². The normalized spacial score (nSPS) is 11.6. The Labute approximate surface area is 163 Å². The minimum atomic E-state index is -3.83. The smallest absolute Gasteiger partial charge is 0.255 e. The van der Waals surface area contributed by atoms with Crippen LogP contribution in [0.1, 0.15) is 5.56 Å². The number of carbonyl (C=O) groups is 1. The van der Waals surface area contributed by atoms with Crippen molar-refractivity contribution in [3.8, 4) is 17.2 Å². The molecule has 9 nitrogen and oxygen atoms in total. The molecule has 0 heterocycles. The standard InChI is InChI=1S/C18H21N3O6S/c1-21(28(24,25)15-7-5-14(26-2)6-8-15)12-18(23)20-19-11-13-4-9-16(22)17(10-13)27-3/h4-11,22H,12H2,1-3H3,(H,20,23)/b19-11-. The zero-order valence-corrected chi connectivity index (χ0v) is 16.4. The van der Waals surface area contributed by atoms with Crippen LogP contribution in [-0.4, -0.2) is 57.8 Å². The number of hydrazone groups is 1. The second kappa shape index (κ2) is 9.20. The number of phenolic OH excluding ortho intramolecular Hbond substituents is 1. The van der Waals surface area contributed by atoms with Crippen molar-refractivity contribution in [1.82, 2.24) is 9.73 Å². The van der Waals surface area contributed by atoms with Gasteiger partial charge in [-0.2, -0.15) is 9.41 Å². The SMILES string of the molecule is COc1ccc(S(=O)(=O)N(C)CC(=O)N/N=C\c2ccc(O)c(OC)c2)cc1. The summed E-state index contributed by atoms with van der Waals surface area (Å²) >= 11 is 0. The molecule has 0 bridgehead atoms. The lowest BCUT2D eigenvalue weighted by Gasteiger charge is -2.16. The Morgan fingerprint density at radius 2 is 1.86 bits per heavy atom. The molecule has 10 heteroatoms. The molecular formula is C18H21N3O6S. The number of phenols is 1. The second-order valence-corrected chi connectivity index (χ2v) is 7.71. The van der Waals surface area contributed by atoms with Crippen molar-refractivity contribution in [2.24, 2.45) is 5.10 Å². The number of rotatable bonds is 8. The molecule has 0 unspecified atom stereocenters. The lowest BCUT2D eigenvalue weighted by Crippen LogP contribution is -2.36. The summed E-state index contributed by atoms with van der Waals surface area (Å²) < 4.78 is 35.9. The molecule has 0 saturated carbocycles. The molecule has 0 aromatic heterocycles. The predicted molar refractivity (Wildman–Crippen MR) is 103 cm³/mol. The second-order valence-electron chi connectivity index (χ2n) is 5.66. The summed E-state index contributed by atoms with van der Waals surface area (Å²) in [7, 11) is 0.364. The van der Waals surface area contributed by atoms with Gasteiger partial charge in [-0.05, 0) is 48.0 Å². The van der Waals surface area contributed by atoms with E-state index in [9.17, 15) is 18.3 Å². The van der Waals surface area contributed by atoms with Gasteiger partial charge in [0, 0.05) is 7.05 Å². The molecule has 2 aromatic carbocycles. The van der Waals surface area contributed by atoms with Crippen LogP contribution in [0.5, 0.6) is 17.2 Å². The van der Waals surface area contributed by atoms with E-state index in [1.54, 1.807) is 6.07 Å². The maximum atomic E-state index is 12.5. The first kappa shape index (κ1) is 21.2. The van der Waals surface area contributed by atoms with Crippen molar-refractivity contribution in [2.45, 2.75) is 4.90 Å². The Bertz CT molecular complexity index is 958. The van der Waals surface area contributed by atoms with Crippen molar-refractivity contribution in [3.63, 3.8) is 0 Å². The number of nitrogens with one attached hydrogen (secondary N) is 1. The topological polar surface area (TPSA) is 118 Å². The zero-order chi connectivity index (χ0) is 20.7. The van der Waals surface area contributed by atoms with Crippen molar-refractivity contribution in [1.29, 1.82) is 0 Å². The van der Waals surface area contributed by atoms with Crippen LogP contribution in [-0.2, 0) is 14.8 Å². The quantitative estimate of drug-likeness (QED) is 0.501.